The molecule has 1 atom stereocenters. The molecule has 1 heterocycles. The summed E-state index contributed by atoms with van der Waals surface area (Å²) in [7, 11) is 1.61. The third kappa shape index (κ3) is 5.59. The number of hydrogen-bond acceptors (Lipinski definition) is 4. The number of rotatable bonds is 7. The van der Waals surface area contributed by atoms with Gasteiger partial charge < -0.3 is 25.4 Å². The van der Waals surface area contributed by atoms with E-state index in [1.807, 2.05) is 80.6 Å². The van der Waals surface area contributed by atoms with Crippen molar-refractivity contribution in [1.29, 1.82) is 0 Å². The zero-order valence-corrected chi connectivity index (χ0v) is 22.6. The molecule has 3 aromatic carbocycles. The fourth-order valence-electron chi connectivity index (χ4n) is 3.92. The van der Waals surface area contributed by atoms with Crippen molar-refractivity contribution < 1.29 is 14.3 Å². The van der Waals surface area contributed by atoms with Gasteiger partial charge in [0, 0.05) is 5.69 Å². The normalized spacial score (nSPS) is 15.2. The summed E-state index contributed by atoms with van der Waals surface area (Å²) < 4.78 is 12.3. The van der Waals surface area contributed by atoms with E-state index >= 15 is 0 Å². The summed E-state index contributed by atoms with van der Waals surface area (Å²) in [6, 6.07) is 20.8. The fraction of sp³-hybridized carbons (Fsp3) is 0.185. The Labute approximate surface area is 224 Å². The lowest BCUT2D eigenvalue weighted by molar-refractivity contribution is -0.113. The molecule has 0 aromatic heterocycles. The topological polar surface area (TPSA) is 71.6 Å². The molecule has 0 fully saturated rings. The fourth-order valence-corrected chi connectivity index (χ4v) is 4.92. The van der Waals surface area contributed by atoms with Crippen molar-refractivity contribution in [3.05, 3.63) is 92.6 Å². The van der Waals surface area contributed by atoms with Crippen LogP contribution in [0.4, 0.5) is 5.69 Å². The minimum atomic E-state index is -0.512. The van der Waals surface area contributed by atoms with Gasteiger partial charge in [0.25, 0.3) is 5.91 Å². The molecule has 1 aliphatic heterocycles. The molecule has 1 amide bonds. The van der Waals surface area contributed by atoms with E-state index in [4.69, 9.17) is 21.7 Å². The van der Waals surface area contributed by atoms with Crippen LogP contribution in [0.2, 0.25) is 0 Å². The molecule has 6 nitrogen and oxygen atoms in total. The molecule has 180 valence electrons. The molecular weight excluding hydrogens is 573 g/mol. The Morgan fingerprint density at radius 1 is 1.11 bits per heavy atom. The number of aryl methyl sites for hydroxylation is 1. The Hall–Kier alpha value is -3.11. The lowest BCUT2D eigenvalue weighted by Crippen LogP contribution is -2.45. The summed E-state index contributed by atoms with van der Waals surface area (Å²) in [4.78, 5) is 13.8. The van der Waals surface area contributed by atoms with E-state index in [1.165, 1.54) is 0 Å². The Kier molecular flexibility index (Phi) is 7.92. The Bertz CT molecular complexity index is 1280. The second-order valence-corrected chi connectivity index (χ2v) is 9.54. The molecule has 4 rings (SSSR count). The van der Waals surface area contributed by atoms with Crippen molar-refractivity contribution in [1.82, 2.24) is 10.6 Å². The summed E-state index contributed by atoms with van der Waals surface area (Å²) in [5.41, 5.74) is 4.71. The number of benzene rings is 3. The van der Waals surface area contributed by atoms with E-state index in [1.54, 1.807) is 7.11 Å². The predicted octanol–water partition coefficient (Wildman–Crippen LogP) is 5.58. The molecule has 0 saturated heterocycles. The smallest absolute Gasteiger partial charge is 0.256 e. The standard InChI is InChI=1S/C27H26IN3O3S/c1-4-34-25-20(28)14-18(15-21(25)33-3)24-22(26(32)29-19-12-10-16(2)11-13-19)23(30-27(35)31-24)17-8-6-5-7-9-17/h5-15,24H,4H2,1-3H3,(H,29,32)(H2,30,31,35). The zero-order valence-electron chi connectivity index (χ0n) is 19.6. The van der Waals surface area contributed by atoms with Crippen LogP contribution < -0.4 is 25.4 Å². The first-order chi connectivity index (χ1) is 16.9. The maximum atomic E-state index is 13.8. The first-order valence-corrected chi connectivity index (χ1v) is 12.6. The molecule has 3 aromatic rings. The average molecular weight is 599 g/mol. The first-order valence-electron chi connectivity index (χ1n) is 11.2. The van der Waals surface area contributed by atoms with E-state index in [-0.39, 0.29) is 5.91 Å². The van der Waals surface area contributed by atoms with Gasteiger partial charge in [-0.15, -0.1) is 0 Å². The van der Waals surface area contributed by atoms with Crippen LogP contribution >= 0.6 is 34.8 Å². The number of halogens is 1. The van der Waals surface area contributed by atoms with E-state index < -0.39 is 6.04 Å². The molecule has 0 radical (unpaired) electrons. The Morgan fingerprint density at radius 2 is 1.83 bits per heavy atom. The summed E-state index contributed by atoms with van der Waals surface area (Å²) in [6.45, 7) is 4.46. The number of nitrogens with one attached hydrogen (secondary N) is 3. The number of hydrogen-bond donors (Lipinski definition) is 3. The SMILES string of the molecule is CCOc1c(I)cc(C2NC(=S)NC(c3ccccc3)=C2C(=O)Nc2ccc(C)cc2)cc1OC. The average Bonchev–Trinajstić information content (AvgIpc) is 2.86. The number of anilines is 1. The van der Waals surface area contributed by atoms with Crippen LogP contribution in [0.15, 0.2) is 72.3 Å². The van der Waals surface area contributed by atoms with Gasteiger partial charge in [0.05, 0.1) is 34.6 Å². The Morgan fingerprint density at radius 3 is 2.49 bits per heavy atom. The van der Waals surface area contributed by atoms with Crippen LogP contribution in [0.5, 0.6) is 11.5 Å². The monoisotopic (exact) mass is 599 g/mol. The highest BCUT2D eigenvalue weighted by Crippen LogP contribution is 2.39. The van der Waals surface area contributed by atoms with Gasteiger partial charge in [0.1, 0.15) is 0 Å². The molecule has 8 heteroatoms. The largest absolute Gasteiger partial charge is 0.493 e. The van der Waals surface area contributed by atoms with Crippen LogP contribution in [0.1, 0.15) is 29.7 Å². The molecule has 35 heavy (non-hydrogen) atoms. The molecule has 3 N–H and O–H groups in total. The van der Waals surface area contributed by atoms with Crippen LogP contribution in [0.25, 0.3) is 5.70 Å². The first kappa shape index (κ1) is 25.0. The van der Waals surface area contributed by atoms with Gasteiger partial charge in [-0.1, -0.05) is 48.0 Å². The minimum Gasteiger partial charge on any atom is -0.493 e. The van der Waals surface area contributed by atoms with E-state index in [9.17, 15) is 4.79 Å². The van der Waals surface area contributed by atoms with Crippen molar-refractivity contribution >= 4 is 57.2 Å². The van der Waals surface area contributed by atoms with Crippen LogP contribution in [-0.2, 0) is 4.79 Å². The lowest BCUT2D eigenvalue weighted by Gasteiger charge is -2.32. The van der Waals surface area contributed by atoms with E-state index in [0.29, 0.717) is 40.2 Å². The quantitative estimate of drug-likeness (QED) is 0.244. The molecule has 0 bridgehead atoms. The van der Waals surface area contributed by atoms with Crippen molar-refractivity contribution in [2.75, 3.05) is 19.0 Å². The number of carbonyl (C=O) groups is 1. The summed E-state index contributed by atoms with van der Waals surface area (Å²) in [5.74, 6) is 1.04. The van der Waals surface area contributed by atoms with Gasteiger partial charge in [0.2, 0.25) is 0 Å². The van der Waals surface area contributed by atoms with Crippen LogP contribution in [0, 0.1) is 10.5 Å². The number of carbonyl (C=O) groups excluding carboxylic acids is 1. The van der Waals surface area contributed by atoms with Gasteiger partial charge in [-0.25, -0.2) is 0 Å². The summed E-state index contributed by atoms with van der Waals surface area (Å²) in [6.07, 6.45) is 0. The lowest BCUT2D eigenvalue weighted by atomic mass is 9.91. The van der Waals surface area contributed by atoms with E-state index in [2.05, 4.69) is 38.5 Å². The van der Waals surface area contributed by atoms with Gasteiger partial charge in [0.15, 0.2) is 16.6 Å². The second kappa shape index (κ2) is 11.1. The molecule has 0 aliphatic carbocycles. The summed E-state index contributed by atoms with van der Waals surface area (Å²) >= 11 is 7.78. The number of thiocarbonyl (C=S) groups is 1. The third-order valence-corrected chi connectivity index (χ3v) is 6.58. The second-order valence-electron chi connectivity index (χ2n) is 7.97. The highest BCUT2D eigenvalue weighted by atomic mass is 127. The molecule has 1 unspecified atom stereocenters. The predicted molar refractivity (Wildman–Crippen MR) is 152 cm³/mol. The molecule has 1 aliphatic rings. The highest BCUT2D eigenvalue weighted by molar-refractivity contribution is 14.1. The van der Waals surface area contributed by atoms with Crippen molar-refractivity contribution in [2.45, 2.75) is 19.9 Å². The molecule has 0 spiro atoms. The minimum absolute atomic E-state index is 0.233. The summed E-state index contributed by atoms with van der Waals surface area (Å²) in [5, 5.41) is 9.99. The Balaban J connectivity index is 1.86. The van der Waals surface area contributed by atoms with Crippen LogP contribution in [0.3, 0.4) is 0 Å². The van der Waals surface area contributed by atoms with Gasteiger partial charge in [-0.2, -0.15) is 0 Å². The number of ether oxygens (including phenoxy) is 2. The van der Waals surface area contributed by atoms with E-state index in [0.717, 1.165) is 20.3 Å². The van der Waals surface area contributed by atoms with Crippen molar-refractivity contribution in [2.24, 2.45) is 0 Å². The maximum Gasteiger partial charge on any atom is 0.256 e. The van der Waals surface area contributed by atoms with Gasteiger partial charge >= 0.3 is 0 Å². The van der Waals surface area contributed by atoms with Gasteiger partial charge in [-0.05, 0) is 84.0 Å². The van der Waals surface area contributed by atoms with Gasteiger partial charge in [-0.3, -0.25) is 4.79 Å². The molecular formula is C27H26IN3O3S. The highest BCUT2D eigenvalue weighted by Gasteiger charge is 2.33. The van der Waals surface area contributed by atoms with Crippen molar-refractivity contribution in [3.63, 3.8) is 0 Å². The number of amides is 1. The van der Waals surface area contributed by atoms with Crippen LogP contribution in [-0.4, -0.2) is 24.7 Å². The number of methoxy groups -OCH3 is 1. The third-order valence-electron chi connectivity index (χ3n) is 5.56. The molecule has 0 saturated carbocycles. The van der Waals surface area contributed by atoms with Crippen molar-refractivity contribution in [3.8, 4) is 11.5 Å². The maximum absolute atomic E-state index is 13.8. The zero-order chi connectivity index (χ0) is 24.9.